The van der Waals surface area contributed by atoms with Crippen LogP contribution >= 0.6 is 0 Å². The second-order valence-electron chi connectivity index (χ2n) is 6.56. The third-order valence-electron chi connectivity index (χ3n) is 4.55. The Hall–Kier alpha value is -2.37. The number of carbonyl (C=O) groups excluding carboxylic acids is 1. The maximum Gasteiger partial charge on any atom is 0.252 e. The molecule has 0 aliphatic heterocycles. The molecule has 1 aromatic carbocycles. The van der Waals surface area contributed by atoms with Crippen molar-refractivity contribution in [2.45, 2.75) is 47.2 Å². The van der Waals surface area contributed by atoms with Crippen molar-refractivity contribution >= 4 is 11.6 Å². The van der Waals surface area contributed by atoms with Crippen molar-refractivity contribution in [1.29, 1.82) is 0 Å². The van der Waals surface area contributed by atoms with Gasteiger partial charge in [-0.1, -0.05) is 19.9 Å². The van der Waals surface area contributed by atoms with Gasteiger partial charge in [-0.3, -0.25) is 4.79 Å². The number of hydrogen-bond acceptors (Lipinski definition) is 4. The number of amides is 1. The van der Waals surface area contributed by atoms with Gasteiger partial charge in [0.15, 0.2) is 5.82 Å². The van der Waals surface area contributed by atoms with Crippen LogP contribution in [0.1, 0.15) is 48.3 Å². The standard InChI is InChI=1S/C18H27N5O/c1-11(2)13(4)20-16-9-7-8-15(12(16)3)18(24)19-10-17-22-21-14(5)23(17)6/h7-9,11,13,20H,10H2,1-6H3,(H,19,24). The zero-order chi connectivity index (χ0) is 17.9. The number of rotatable bonds is 6. The highest BCUT2D eigenvalue weighted by Crippen LogP contribution is 2.21. The second kappa shape index (κ2) is 7.47. The Labute approximate surface area is 143 Å². The molecule has 0 spiro atoms. The minimum Gasteiger partial charge on any atom is -0.382 e. The molecular weight excluding hydrogens is 302 g/mol. The number of nitrogens with zero attached hydrogens (tertiary/aromatic N) is 3. The van der Waals surface area contributed by atoms with Crippen LogP contribution in [0.4, 0.5) is 5.69 Å². The third kappa shape index (κ3) is 3.93. The number of aromatic nitrogens is 3. The minimum absolute atomic E-state index is 0.103. The van der Waals surface area contributed by atoms with E-state index in [1.54, 1.807) is 0 Å². The van der Waals surface area contributed by atoms with Crippen molar-refractivity contribution in [3.05, 3.63) is 41.0 Å². The largest absolute Gasteiger partial charge is 0.382 e. The average molecular weight is 329 g/mol. The molecule has 6 nitrogen and oxygen atoms in total. The van der Waals surface area contributed by atoms with Crippen LogP contribution in [-0.2, 0) is 13.6 Å². The van der Waals surface area contributed by atoms with Gasteiger partial charge in [0.05, 0.1) is 6.54 Å². The van der Waals surface area contributed by atoms with E-state index in [0.29, 0.717) is 24.1 Å². The van der Waals surface area contributed by atoms with Crippen LogP contribution in [0.5, 0.6) is 0 Å². The molecule has 0 bridgehead atoms. The highest BCUT2D eigenvalue weighted by atomic mass is 16.1. The van der Waals surface area contributed by atoms with Gasteiger partial charge >= 0.3 is 0 Å². The number of benzene rings is 1. The van der Waals surface area contributed by atoms with Gasteiger partial charge in [0, 0.05) is 24.3 Å². The summed E-state index contributed by atoms with van der Waals surface area (Å²) in [6, 6.07) is 6.10. The molecule has 1 aromatic heterocycles. The van der Waals surface area contributed by atoms with E-state index in [0.717, 1.165) is 22.9 Å². The molecule has 2 rings (SSSR count). The molecule has 24 heavy (non-hydrogen) atoms. The molecule has 2 N–H and O–H groups in total. The first kappa shape index (κ1) is 18.0. The Morgan fingerprint density at radius 3 is 2.50 bits per heavy atom. The Bertz CT molecular complexity index is 720. The maximum atomic E-state index is 12.5. The molecule has 0 aliphatic rings. The van der Waals surface area contributed by atoms with Gasteiger partial charge in [-0.15, -0.1) is 10.2 Å². The fourth-order valence-electron chi connectivity index (χ4n) is 2.31. The van der Waals surface area contributed by atoms with Gasteiger partial charge < -0.3 is 15.2 Å². The molecule has 0 fully saturated rings. The van der Waals surface area contributed by atoms with Gasteiger partial charge in [-0.05, 0) is 44.4 Å². The zero-order valence-electron chi connectivity index (χ0n) is 15.3. The molecule has 0 saturated carbocycles. The summed E-state index contributed by atoms with van der Waals surface area (Å²) in [6.45, 7) is 10.7. The van der Waals surface area contributed by atoms with Crippen LogP contribution in [-0.4, -0.2) is 26.7 Å². The van der Waals surface area contributed by atoms with Crippen LogP contribution in [0.15, 0.2) is 18.2 Å². The lowest BCUT2D eigenvalue weighted by Crippen LogP contribution is -2.26. The van der Waals surface area contributed by atoms with Crippen molar-refractivity contribution in [3.63, 3.8) is 0 Å². The summed E-state index contributed by atoms with van der Waals surface area (Å²) in [5.74, 6) is 1.97. The van der Waals surface area contributed by atoms with Crippen LogP contribution < -0.4 is 10.6 Å². The molecule has 6 heteroatoms. The van der Waals surface area contributed by atoms with Crippen LogP contribution in [0.2, 0.25) is 0 Å². The van der Waals surface area contributed by atoms with Gasteiger partial charge in [0.1, 0.15) is 5.82 Å². The van der Waals surface area contributed by atoms with Gasteiger partial charge in [-0.25, -0.2) is 0 Å². The molecule has 0 aliphatic carbocycles. The van der Waals surface area contributed by atoms with E-state index >= 15 is 0 Å². The third-order valence-corrected chi connectivity index (χ3v) is 4.55. The van der Waals surface area contributed by atoms with E-state index in [-0.39, 0.29) is 5.91 Å². The molecule has 0 radical (unpaired) electrons. The molecule has 1 unspecified atom stereocenters. The van der Waals surface area contributed by atoms with E-state index in [9.17, 15) is 4.79 Å². The Morgan fingerprint density at radius 1 is 1.21 bits per heavy atom. The van der Waals surface area contributed by atoms with E-state index in [2.05, 4.69) is 41.6 Å². The van der Waals surface area contributed by atoms with Crippen LogP contribution in [0, 0.1) is 19.8 Å². The van der Waals surface area contributed by atoms with Crippen LogP contribution in [0.25, 0.3) is 0 Å². The van der Waals surface area contributed by atoms with Crippen molar-refractivity contribution in [2.24, 2.45) is 13.0 Å². The average Bonchev–Trinajstić information content (AvgIpc) is 2.86. The normalized spacial score (nSPS) is 12.3. The number of aryl methyl sites for hydroxylation is 1. The monoisotopic (exact) mass is 329 g/mol. The SMILES string of the molecule is Cc1c(NC(C)C(C)C)cccc1C(=O)NCc1nnc(C)n1C. The first-order chi connectivity index (χ1) is 11.3. The summed E-state index contributed by atoms with van der Waals surface area (Å²) >= 11 is 0. The number of hydrogen-bond donors (Lipinski definition) is 2. The first-order valence-corrected chi connectivity index (χ1v) is 8.30. The topological polar surface area (TPSA) is 71.8 Å². The number of nitrogens with one attached hydrogen (secondary N) is 2. The van der Waals surface area contributed by atoms with E-state index in [4.69, 9.17) is 0 Å². The Morgan fingerprint density at radius 2 is 1.92 bits per heavy atom. The molecule has 1 amide bonds. The predicted molar refractivity (Wildman–Crippen MR) is 96.0 cm³/mol. The summed E-state index contributed by atoms with van der Waals surface area (Å²) in [7, 11) is 1.89. The first-order valence-electron chi connectivity index (χ1n) is 8.30. The summed E-state index contributed by atoms with van der Waals surface area (Å²) in [5.41, 5.74) is 2.63. The van der Waals surface area contributed by atoms with Gasteiger partial charge in [0.2, 0.25) is 0 Å². The quantitative estimate of drug-likeness (QED) is 0.855. The van der Waals surface area contributed by atoms with Crippen molar-refractivity contribution in [3.8, 4) is 0 Å². The maximum absolute atomic E-state index is 12.5. The molecule has 2 aromatic rings. The highest BCUT2D eigenvalue weighted by Gasteiger charge is 2.15. The van der Waals surface area contributed by atoms with Crippen molar-refractivity contribution in [2.75, 3.05) is 5.32 Å². The summed E-state index contributed by atoms with van der Waals surface area (Å²) in [6.07, 6.45) is 0. The van der Waals surface area contributed by atoms with E-state index < -0.39 is 0 Å². The lowest BCUT2D eigenvalue weighted by atomic mass is 10.0. The van der Waals surface area contributed by atoms with Crippen molar-refractivity contribution in [1.82, 2.24) is 20.1 Å². The number of anilines is 1. The van der Waals surface area contributed by atoms with E-state index in [1.165, 1.54) is 0 Å². The molecule has 0 saturated heterocycles. The second-order valence-corrected chi connectivity index (χ2v) is 6.56. The summed E-state index contributed by atoms with van der Waals surface area (Å²) in [4.78, 5) is 12.5. The lowest BCUT2D eigenvalue weighted by Gasteiger charge is -2.21. The minimum atomic E-state index is -0.103. The summed E-state index contributed by atoms with van der Waals surface area (Å²) in [5, 5.41) is 14.5. The molecule has 130 valence electrons. The Kier molecular flexibility index (Phi) is 5.59. The highest BCUT2D eigenvalue weighted by molar-refractivity contribution is 5.97. The fourth-order valence-corrected chi connectivity index (χ4v) is 2.31. The summed E-state index contributed by atoms with van der Waals surface area (Å²) < 4.78 is 1.87. The fraction of sp³-hybridized carbons (Fsp3) is 0.500. The van der Waals surface area contributed by atoms with Crippen molar-refractivity contribution < 1.29 is 4.79 Å². The molecular formula is C18H27N5O. The van der Waals surface area contributed by atoms with Gasteiger partial charge in [0.25, 0.3) is 5.91 Å². The lowest BCUT2D eigenvalue weighted by molar-refractivity contribution is 0.0949. The molecule has 1 atom stereocenters. The van der Waals surface area contributed by atoms with E-state index in [1.807, 2.05) is 43.7 Å². The predicted octanol–water partition coefficient (Wildman–Crippen LogP) is 2.82. The van der Waals surface area contributed by atoms with Gasteiger partial charge in [-0.2, -0.15) is 0 Å². The molecule has 1 heterocycles. The zero-order valence-corrected chi connectivity index (χ0v) is 15.3. The smallest absolute Gasteiger partial charge is 0.252 e. The van der Waals surface area contributed by atoms with Crippen LogP contribution in [0.3, 0.4) is 0 Å². The Balaban J connectivity index is 2.10. The number of carbonyl (C=O) groups is 1.